The van der Waals surface area contributed by atoms with Crippen LogP contribution in [0, 0.1) is 5.92 Å². The molecule has 2 nitrogen and oxygen atoms in total. The number of hydrogen-bond donors (Lipinski definition) is 2. The summed E-state index contributed by atoms with van der Waals surface area (Å²) in [6.45, 7) is 3.21. The Hall–Kier alpha value is -1.02. The van der Waals surface area contributed by atoms with E-state index >= 15 is 0 Å². The lowest BCUT2D eigenvalue weighted by molar-refractivity contribution is 0.281. The first kappa shape index (κ1) is 12.4. The van der Waals surface area contributed by atoms with E-state index in [9.17, 15) is 0 Å². The second kappa shape index (κ2) is 6.06. The predicted molar refractivity (Wildman–Crippen MR) is 73.7 cm³/mol. The van der Waals surface area contributed by atoms with Gasteiger partial charge >= 0.3 is 0 Å². The smallest absolute Gasteiger partial charge is 0.0359 e. The second-order valence-corrected chi connectivity index (χ2v) is 5.27. The molecule has 1 unspecified atom stereocenters. The van der Waals surface area contributed by atoms with Crippen molar-refractivity contribution in [1.82, 2.24) is 5.32 Å². The maximum absolute atomic E-state index is 5.95. The van der Waals surface area contributed by atoms with Crippen LogP contribution in [-0.2, 0) is 6.54 Å². The van der Waals surface area contributed by atoms with E-state index in [0.717, 1.165) is 18.2 Å². The second-order valence-electron chi connectivity index (χ2n) is 5.27. The number of para-hydroxylation sites is 1. The first-order valence-corrected chi connectivity index (χ1v) is 6.84. The van der Waals surface area contributed by atoms with Crippen LogP contribution in [0.5, 0.6) is 0 Å². The lowest BCUT2D eigenvalue weighted by atomic mass is 9.84. The number of nitrogen functional groups attached to an aromatic ring is 1. The van der Waals surface area contributed by atoms with Crippen molar-refractivity contribution in [1.29, 1.82) is 0 Å². The van der Waals surface area contributed by atoms with Crippen molar-refractivity contribution in [2.45, 2.75) is 51.6 Å². The van der Waals surface area contributed by atoms with E-state index in [1.807, 2.05) is 12.1 Å². The minimum atomic E-state index is 0.606. The van der Waals surface area contributed by atoms with Crippen LogP contribution < -0.4 is 11.1 Å². The topological polar surface area (TPSA) is 38.0 Å². The Morgan fingerprint density at radius 1 is 1.24 bits per heavy atom. The molecule has 0 heterocycles. The van der Waals surface area contributed by atoms with Gasteiger partial charge in [0.2, 0.25) is 0 Å². The van der Waals surface area contributed by atoms with Crippen LogP contribution in [0.25, 0.3) is 0 Å². The molecule has 2 rings (SSSR count). The summed E-state index contributed by atoms with van der Waals surface area (Å²) >= 11 is 0. The number of nitrogens with two attached hydrogens (primary N) is 1. The molecule has 1 aliphatic rings. The molecule has 1 fully saturated rings. The van der Waals surface area contributed by atoms with Gasteiger partial charge in [-0.3, -0.25) is 0 Å². The van der Waals surface area contributed by atoms with Gasteiger partial charge in [0.25, 0.3) is 0 Å². The monoisotopic (exact) mass is 232 g/mol. The number of hydrogen-bond acceptors (Lipinski definition) is 2. The molecule has 1 aliphatic carbocycles. The van der Waals surface area contributed by atoms with E-state index in [2.05, 4.69) is 24.4 Å². The van der Waals surface area contributed by atoms with E-state index in [-0.39, 0.29) is 0 Å². The molecule has 1 aromatic carbocycles. The Bertz CT molecular complexity index is 343. The number of benzene rings is 1. The summed E-state index contributed by atoms with van der Waals surface area (Å²) in [6, 6.07) is 8.73. The minimum Gasteiger partial charge on any atom is -0.398 e. The van der Waals surface area contributed by atoms with E-state index in [4.69, 9.17) is 5.73 Å². The van der Waals surface area contributed by atoms with Crippen LogP contribution in [0.4, 0.5) is 5.69 Å². The quantitative estimate of drug-likeness (QED) is 0.781. The molecule has 0 aromatic heterocycles. The lowest BCUT2D eigenvalue weighted by Gasteiger charge is -2.28. The molecule has 0 amide bonds. The maximum atomic E-state index is 5.95. The van der Waals surface area contributed by atoms with Gasteiger partial charge in [-0.2, -0.15) is 0 Å². The largest absolute Gasteiger partial charge is 0.398 e. The summed E-state index contributed by atoms with van der Waals surface area (Å²) in [5, 5.41) is 3.63. The van der Waals surface area contributed by atoms with Crippen LogP contribution in [0.15, 0.2) is 24.3 Å². The number of nitrogens with one attached hydrogen (secondary N) is 1. The highest BCUT2D eigenvalue weighted by Gasteiger charge is 2.19. The fourth-order valence-corrected chi connectivity index (χ4v) is 2.77. The van der Waals surface area contributed by atoms with Crippen molar-refractivity contribution < 1.29 is 0 Å². The summed E-state index contributed by atoms with van der Waals surface area (Å²) in [6.07, 6.45) is 7.01. The van der Waals surface area contributed by atoms with Gasteiger partial charge in [-0.15, -0.1) is 0 Å². The molecule has 3 N–H and O–H groups in total. The van der Waals surface area contributed by atoms with Crippen molar-refractivity contribution in [3.63, 3.8) is 0 Å². The minimum absolute atomic E-state index is 0.606. The van der Waals surface area contributed by atoms with Gasteiger partial charge in [0.1, 0.15) is 0 Å². The highest BCUT2D eigenvalue weighted by Crippen LogP contribution is 2.26. The van der Waals surface area contributed by atoms with Gasteiger partial charge in [-0.05, 0) is 37.3 Å². The molecule has 0 spiro atoms. The third-order valence-corrected chi connectivity index (χ3v) is 4.03. The Labute approximate surface area is 105 Å². The number of anilines is 1. The third kappa shape index (κ3) is 3.47. The normalized spacial score (nSPS) is 19.1. The average Bonchev–Trinajstić information content (AvgIpc) is 2.38. The molecule has 0 aliphatic heterocycles. The van der Waals surface area contributed by atoms with Crippen LogP contribution >= 0.6 is 0 Å². The van der Waals surface area contributed by atoms with Crippen molar-refractivity contribution in [3.8, 4) is 0 Å². The molecule has 2 heteroatoms. The first-order chi connectivity index (χ1) is 8.27. The summed E-state index contributed by atoms with van der Waals surface area (Å²) < 4.78 is 0. The lowest BCUT2D eigenvalue weighted by Crippen LogP contribution is -2.34. The molecule has 1 saturated carbocycles. The molecular formula is C15H24N2. The Morgan fingerprint density at radius 2 is 1.94 bits per heavy atom. The van der Waals surface area contributed by atoms with E-state index in [1.54, 1.807) is 0 Å². The standard InChI is InChI=1S/C15H24N2/c1-12(13-7-3-2-4-8-13)17-11-14-9-5-6-10-15(14)16/h5-6,9-10,12-13,17H,2-4,7-8,11,16H2,1H3. The van der Waals surface area contributed by atoms with Gasteiger partial charge < -0.3 is 11.1 Å². The number of rotatable bonds is 4. The zero-order chi connectivity index (χ0) is 12.1. The summed E-state index contributed by atoms with van der Waals surface area (Å²) in [5.74, 6) is 0.855. The van der Waals surface area contributed by atoms with Crippen LogP contribution in [-0.4, -0.2) is 6.04 Å². The Balaban J connectivity index is 1.83. The fourth-order valence-electron chi connectivity index (χ4n) is 2.77. The van der Waals surface area contributed by atoms with Crippen LogP contribution in [0.1, 0.15) is 44.6 Å². The van der Waals surface area contributed by atoms with Crippen LogP contribution in [0.2, 0.25) is 0 Å². The SMILES string of the molecule is CC(NCc1ccccc1N)C1CCCCC1. The molecule has 94 valence electrons. The fraction of sp³-hybridized carbons (Fsp3) is 0.600. The summed E-state index contributed by atoms with van der Waals surface area (Å²) in [7, 11) is 0. The Kier molecular flexibility index (Phi) is 4.43. The van der Waals surface area contributed by atoms with E-state index < -0.39 is 0 Å². The van der Waals surface area contributed by atoms with Gasteiger partial charge in [-0.1, -0.05) is 37.5 Å². The molecule has 1 atom stereocenters. The average molecular weight is 232 g/mol. The van der Waals surface area contributed by atoms with E-state index in [1.165, 1.54) is 37.7 Å². The Morgan fingerprint density at radius 3 is 2.65 bits per heavy atom. The summed E-state index contributed by atoms with van der Waals surface area (Å²) in [4.78, 5) is 0. The third-order valence-electron chi connectivity index (χ3n) is 4.03. The van der Waals surface area contributed by atoms with Crippen molar-refractivity contribution in [2.24, 2.45) is 5.92 Å². The van der Waals surface area contributed by atoms with Gasteiger partial charge in [-0.25, -0.2) is 0 Å². The molecule has 0 bridgehead atoms. The maximum Gasteiger partial charge on any atom is 0.0359 e. The molecule has 17 heavy (non-hydrogen) atoms. The van der Waals surface area contributed by atoms with Gasteiger partial charge in [0.15, 0.2) is 0 Å². The highest BCUT2D eigenvalue weighted by molar-refractivity contribution is 5.46. The predicted octanol–water partition coefficient (Wildman–Crippen LogP) is 3.33. The zero-order valence-electron chi connectivity index (χ0n) is 10.8. The van der Waals surface area contributed by atoms with E-state index in [0.29, 0.717) is 6.04 Å². The molecular weight excluding hydrogens is 208 g/mol. The van der Waals surface area contributed by atoms with Crippen molar-refractivity contribution in [3.05, 3.63) is 29.8 Å². The van der Waals surface area contributed by atoms with Crippen LogP contribution in [0.3, 0.4) is 0 Å². The van der Waals surface area contributed by atoms with Gasteiger partial charge in [0, 0.05) is 18.3 Å². The van der Waals surface area contributed by atoms with Crippen molar-refractivity contribution >= 4 is 5.69 Å². The highest BCUT2D eigenvalue weighted by atomic mass is 14.9. The molecule has 1 aromatic rings. The van der Waals surface area contributed by atoms with Crippen molar-refractivity contribution in [2.75, 3.05) is 5.73 Å². The molecule has 0 saturated heterocycles. The first-order valence-electron chi connectivity index (χ1n) is 6.84. The summed E-state index contributed by atoms with van der Waals surface area (Å²) in [5.41, 5.74) is 8.06. The zero-order valence-corrected chi connectivity index (χ0v) is 10.8. The van der Waals surface area contributed by atoms with Gasteiger partial charge in [0.05, 0.1) is 0 Å². The molecule has 0 radical (unpaired) electrons.